The first-order valence-corrected chi connectivity index (χ1v) is 5.45. The molecule has 0 saturated heterocycles. The molecular weight excluding hydrogens is 186 g/mol. The first kappa shape index (κ1) is 22.3. The summed E-state index contributed by atoms with van der Waals surface area (Å²) in [5, 5.41) is 9.40. The van der Waals surface area contributed by atoms with Gasteiger partial charge < -0.3 is 10.6 Å². The Morgan fingerprint density at radius 2 is 0.812 bits per heavy atom. The third kappa shape index (κ3) is 13.2. The van der Waals surface area contributed by atoms with E-state index in [1.165, 1.54) is 0 Å². The van der Waals surface area contributed by atoms with Crippen LogP contribution in [0.4, 0.5) is 0 Å². The summed E-state index contributed by atoms with van der Waals surface area (Å²) in [7, 11) is 0. The molecule has 16 heavy (non-hydrogen) atoms. The van der Waals surface area contributed by atoms with Crippen LogP contribution in [0.2, 0.25) is 0 Å². The molecule has 2 atom stereocenters. The fraction of sp³-hybridized carbons (Fsp3) is 1.00. The minimum absolute atomic E-state index is 0. The topological polar surface area (TPSA) is 28.2 Å². The Morgan fingerprint density at radius 1 is 0.625 bits per heavy atom. The maximum absolute atomic E-state index is 4.70. The average Bonchev–Trinajstić information content (AvgIpc) is 1.78. The molecule has 0 bridgehead atoms. The van der Waals surface area contributed by atoms with E-state index >= 15 is 0 Å². The van der Waals surface area contributed by atoms with Crippen molar-refractivity contribution >= 4 is 0 Å². The fourth-order valence-corrected chi connectivity index (χ4v) is 1.44. The standard InChI is InChI=1S/C12H26N2.2Li/c1-9(13-11(3,4)5)10(2)14-12(6,7)8;;/h9-10H,1-8H3;;/q-2;2*+1. The fourth-order valence-electron chi connectivity index (χ4n) is 1.44. The maximum atomic E-state index is 4.70. The molecule has 0 aromatic rings. The van der Waals surface area contributed by atoms with Crippen LogP contribution in [-0.4, -0.2) is 23.2 Å². The predicted octanol–water partition coefficient (Wildman–Crippen LogP) is -1.88. The SMILES string of the molecule is CC([N-]C(C)(C)C)C(C)[N-]C(C)(C)C.[Li+].[Li+]. The van der Waals surface area contributed by atoms with Crippen molar-refractivity contribution in [1.82, 2.24) is 0 Å². The van der Waals surface area contributed by atoms with Gasteiger partial charge in [-0.3, -0.25) is 0 Å². The zero-order valence-electron chi connectivity index (χ0n) is 13.0. The summed E-state index contributed by atoms with van der Waals surface area (Å²) in [6.45, 7) is 17.1. The molecule has 0 heterocycles. The van der Waals surface area contributed by atoms with E-state index in [2.05, 4.69) is 55.4 Å². The molecule has 0 saturated carbocycles. The first-order chi connectivity index (χ1) is 6.01. The first-order valence-electron chi connectivity index (χ1n) is 5.45. The van der Waals surface area contributed by atoms with Crippen molar-refractivity contribution in [2.75, 3.05) is 0 Å². The van der Waals surface area contributed by atoms with Gasteiger partial charge in [-0.2, -0.15) is 12.1 Å². The Labute approximate surface area is 126 Å². The van der Waals surface area contributed by atoms with Crippen LogP contribution < -0.4 is 37.7 Å². The second-order valence-corrected chi connectivity index (χ2v) is 6.08. The van der Waals surface area contributed by atoms with Crippen LogP contribution in [0.3, 0.4) is 0 Å². The molecule has 0 aromatic carbocycles. The van der Waals surface area contributed by atoms with Gasteiger partial charge in [0, 0.05) is 0 Å². The van der Waals surface area contributed by atoms with Gasteiger partial charge in [-0.15, -0.1) is 11.1 Å². The summed E-state index contributed by atoms with van der Waals surface area (Å²) in [5.74, 6) is 0. The van der Waals surface area contributed by atoms with Gasteiger partial charge >= 0.3 is 37.7 Å². The molecule has 86 valence electrons. The van der Waals surface area contributed by atoms with E-state index in [0.717, 1.165) is 0 Å². The molecule has 2 nitrogen and oxygen atoms in total. The van der Waals surface area contributed by atoms with Crippen LogP contribution in [0.15, 0.2) is 0 Å². The summed E-state index contributed by atoms with van der Waals surface area (Å²) in [6, 6.07) is 0.600. The van der Waals surface area contributed by atoms with Crippen molar-refractivity contribution in [1.29, 1.82) is 0 Å². The number of rotatable bonds is 3. The second-order valence-electron chi connectivity index (χ2n) is 6.08. The smallest absolute Gasteiger partial charge is 0.656 e. The monoisotopic (exact) mass is 212 g/mol. The minimum atomic E-state index is 0. The third-order valence-electron chi connectivity index (χ3n) is 1.88. The van der Waals surface area contributed by atoms with Gasteiger partial charge in [0.05, 0.1) is 0 Å². The van der Waals surface area contributed by atoms with E-state index < -0.39 is 0 Å². The Kier molecular flexibility index (Phi) is 11.5. The van der Waals surface area contributed by atoms with E-state index in [4.69, 9.17) is 10.6 Å². The van der Waals surface area contributed by atoms with E-state index in [9.17, 15) is 0 Å². The number of hydrogen-bond donors (Lipinski definition) is 0. The van der Waals surface area contributed by atoms with Crippen molar-refractivity contribution in [3.8, 4) is 0 Å². The van der Waals surface area contributed by atoms with E-state index in [0.29, 0.717) is 12.1 Å². The molecule has 0 N–H and O–H groups in total. The third-order valence-corrected chi connectivity index (χ3v) is 1.88. The molecule has 0 spiro atoms. The largest absolute Gasteiger partial charge is 1.00 e. The zero-order valence-corrected chi connectivity index (χ0v) is 13.0. The van der Waals surface area contributed by atoms with Crippen LogP contribution in [0, 0.1) is 0 Å². The summed E-state index contributed by atoms with van der Waals surface area (Å²) < 4.78 is 0. The molecule has 0 aliphatic heterocycles. The van der Waals surface area contributed by atoms with Crippen molar-refractivity contribution < 1.29 is 37.7 Å². The molecule has 0 aromatic heterocycles. The van der Waals surface area contributed by atoms with Gasteiger partial charge in [-0.25, -0.2) is 0 Å². The molecule has 0 aliphatic carbocycles. The summed E-state index contributed by atoms with van der Waals surface area (Å²) in [5.41, 5.74) is 0.0855. The van der Waals surface area contributed by atoms with Crippen LogP contribution in [0.5, 0.6) is 0 Å². The van der Waals surface area contributed by atoms with Crippen molar-refractivity contribution in [2.24, 2.45) is 0 Å². The maximum Gasteiger partial charge on any atom is 1.00 e. The van der Waals surface area contributed by atoms with E-state index in [-0.39, 0.29) is 48.8 Å². The second kappa shape index (κ2) is 8.26. The summed E-state index contributed by atoms with van der Waals surface area (Å²) >= 11 is 0. The van der Waals surface area contributed by atoms with Crippen LogP contribution >= 0.6 is 0 Å². The summed E-state index contributed by atoms with van der Waals surface area (Å²) in [6.07, 6.45) is 0. The Hall–Kier alpha value is 1.11. The Morgan fingerprint density at radius 3 is 0.938 bits per heavy atom. The Balaban J connectivity index is -0.000000845. The van der Waals surface area contributed by atoms with Crippen molar-refractivity contribution in [2.45, 2.75) is 78.6 Å². The van der Waals surface area contributed by atoms with Crippen LogP contribution in [0.1, 0.15) is 55.4 Å². The minimum Gasteiger partial charge on any atom is -0.656 e. The van der Waals surface area contributed by atoms with Gasteiger partial charge in [0.1, 0.15) is 0 Å². The quantitative estimate of drug-likeness (QED) is 0.490. The molecule has 0 aliphatic rings. The van der Waals surface area contributed by atoms with Crippen LogP contribution in [-0.2, 0) is 0 Å². The normalized spacial score (nSPS) is 15.8. The molecule has 0 fully saturated rings. The molecule has 0 radical (unpaired) electrons. The van der Waals surface area contributed by atoms with E-state index in [1.807, 2.05) is 0 Å². The van der Waals surface area contributed by atoms with E-state index in [1.54, 1.807) is 0 Å². The molecular formula is C12H26Li2N2. The molecule has 0 amide bonds. The Bertz CT molecular complexity index is 151. The van der Waals surface area contributed by atoms with Gasteiger partial charge in [-0.1, -0.05) is 55.4 Å². The average molecular weight is 212 g/mol. The van der Waals surface area contributed by atoms with Crippen LogP contribution in [0.25, 0.3) is 10.6 Å². The van der Waals surface area contributed by atoms with Gasteiger partial charge in [0.15, 0.2) is 0 Å². The number of nitrogens with zero attached hydrogens (tertiary/aromatic N) is 2. The zero-order chi connectivity index (χ0) is 11.6. The van der Waals surface area contributed by atoms with Gasteiger partial charge in [0.2, 0.25) is 0 Å². The molecule has 0 rings (SSSR count). The molecule has 4 heteroatoms. The van der Waals surface area contributed by atoms with Crippen molar-refractivity contribution in [3.63, 3.8) is 0 Å². The molecule has 2 unspecified atom stereocenters. The number of hydrogen-bond acceptors (Lipinski definition) is 0. The predicted molar refractivity (Wildman–Crippen MR) is 65.1 cm³/mol. The summed E-state index contributed by atoms with van der Waals surface area (Å²) in [4.78, 5) is 0. The van der Waals surface area contributed by atoms with Gasteiger partial charge in [0.25, 0.3) is 0 Å². The van der Waals surface area contributed by atoms with Crippen molar-refractivity contribution in [3.05, 3.63) is 10.6 Å². The van der Waals surface area contributed by atoms with Gasteiger partial charge in [-0.05, 0) is 0 Å².